The highest BCUT2D eigenvalue weighted by Crippen LogP contribution is 2.29. The number of anilines is 1. The van der Waals surface area contributed by atoms with Gasteiger partial charge in [0.25, 0.3) is 0 Å². The first-order chi connectivity index (χ1) is 13.4. The summed E-state index contributed by atoms with van der Waals surface area (Å²) in [5, 5.41) is 20.9. The third kappa shape index (κ3) is 4.84. The zero-order valence-corrected chi connectivity index (χ0v) is 16.5. The molecule has 0 aliphatic carbocycles. The van der Waals surface area contributed by atoms with E-state index in [-0.39, 0.29) is 22.9 Å². The van der Waals surface area contributed by atoms with E-state index in [1.165, 1.54) is 6.07 Å². The Labute approximate surface area is 167 Å². The Morgan fingerprint density at radius 2 is 1.89 bits per heavy atom. The molecule has 8 nitrogen and oxygen atoms in total. The number of carbonyl (C=O) groups is 1. The van der Waals surface area contributed by atoms with Gasteiger partial charge < -0.3 is 20.5 Å². The number of benzene rings is 1. The van der Waals surface area contributed by atoms with Crippen molar-refractivity contribution < 1.29 is 14.3 Å². The second kappa shape index (κ2) is 9.49. The maximum atomic E-state index is 12.4. The van der Waals surface area contributed by atoms with Gasteiger partial charge in [-0.15, -0.1) is 0 Å². The number of rotatable bonds is 7. The van der Waals surface area contributed by atoms with Crippen LogP contribution < -0.4 is 20.5 Å². The molecule has 0 saturated heterocycles. The van der Waals surface area contributed by atoms with Gasteiger partial charge in [0.05, 0.1) is 30.6 Å². The first-order valence-corrected chi connectivity index (χ1v) is 9.07. The summed E-state index contributed by atoms with van der Waals surface area (Å²) in [7, 11) is 3.10. The van der Waals surface area contributed by atoms with Gasteiger partial charge in [0.1, 0.15) is 23.0 Å². The van der Waals surface area contributed by atoms with E-state index in [9.17, 15) is 10.1 Å². The topological polar surface area (TPSA) is 134 Å². The van der Waals surface area contributed by atoms with Gasteiger partial charge in [-0.1, -0.05) is 17.8 Å². The van der Waals surface area contributed by atoms with Crippen LogP contribution in [0.4, 0.5) is 5.82 Å². The Kier molecular flexibility index (Phi) is 7.08. The van der Waals surface area contributed by atoms with E-state index in [0.717, 1.165) is 17.3 Å². The van der Waals surface area contributed by atoms with Gasteiger partial charge in [-0.3, -0.25) is 4.79 Å². The number of aromatic nitrogens is 1. The highest BCUT2D eigenvalue weighted by atomic mass is 32.2. The van der Waals surface area contributed by atoms with Gasteiger partial charge in [0, 0.05) is 6.54 Å². The fourth-order valence-corrected chi connectivity index (χ4v) is 3.22. The molecule has 1 heterocycles. The quantitative estimate of drug-likeness (QED) is 0.679. The van der Waals surface area contributed by atoms with Crippen LogP contribution in [-0.4, -0.2) is 30.4 Å². The second-order valence-corrected chi connectivity index (χ2v) is 6.99. The average molecular weight is 397 g/mol. The standard InChI is InChI=1S/C19H19N5O3S/c1-11(28-19-14(9-21)7-13(8-20)17(22)24-19)18(25)23-10-12-4-5-15(26-2)16(6-12)27-3/h4-7,11H,10H2,1-3H3,(H2,22,24)(H,23,25)/t11-/m0/s1. The van der Waals surface area contributed by atoms with E-state index in [0.29, 0.717) is 23.1 Å². The Morgan fingerprint density at radius 1 is 1.21 bits per heavy atom. The van der Waals surface area contributed by atoms with Crippen molar-refractivity contribution in [1.82, 2.24) is 10.3 Å². The van der Waals surface area contributed by atoms with Crippen LogP contribution in [0.2, 0.25) is 0 Å². The molecule has 9 heteroatoms. The van der Waals surface area contributed by atoms with Gasteiger partial charge in [0.2, 0.25) is 5.91 Å². The van der Waals surface area contributed by atoms with Gasteiger partial charge in [-0.25, -0.2) is 4.98 Å². The molecular formula is C19H19N5O3S. The molecule has 1 aromatic heterocycles. The first-order valence-electron chi connectivity index (χ1n) is 8.19. The summed E-state index contributed by atoms with van der Waals surface area (Å²) in [6.07, 6.45) is 0. The molecule has 0 radical (unpaired) electrons. The van der Waals surface area contributed by atoms with Gasteiger partial charge >= 0.3 is 0 Å². The van der Waals surface area contributed by atoms with Crippen molar-refractivity contribution in [2.24, 2.45) is 0 Å². The molecule has 0 fully saturated rings. The van der Waals surface area contributed by atoms with Crippen molar-refractivity contribution in [3.63, 3.8) is 0 Å². The number of nitrogen functional groups attached to an aromatic ring is 1. The molecule has 0 unspecified atom stereocenters. The number of ether oxygens (including phenoxy) is 2. The van der Waals surface area contributed by atoms with E-state index in [4.69, 9.17) is 20.5 Å². The summed E-state index contributed by atoms with van der Waals surface area (Å²) in [4.78, 5) is 16.5. The number of thioether (sulfide) groups is 1. The van der Waals surface area contributed by atoms with Crippen LogP contribution in [0.5, 0.6) is 11.5 Å². The highest BCUT2D eigenvalue weighted by molar-refractivity contribution is 8.00. The van der Waals surface area contributed by atoms with Crippen molar-refractivity contribution >= 4 is 23.5 Å². The zero-order chi connectivity index (χ0) is 20.7. The normalized spacial score (nSPS) is 11.0. The molecule has 28 heavy (non-hydrogen) atoms. The third-order valence-corrected chi connectivity index (χ3v) is 4.93. The number of hydrogen-bond donors (Lipinski definition) is 2. The zero-order valence-electron chi connectivity index (χ0n) is 15.6. The van der Waals surface area contributed by atoms with Crippen molar-refractivity contribution in [1.29, 1.82) is 10.5 Å². The number of nitrogens with one attached hydrogen (secondary N) is 1. The van der Waals surface area contributed by atoms with E-state index in [1.807, 2.05) is 18.2 Å². The Hall–Kier alpha value is -3.43. The summed E-state index contributed by atoms with van der Waals surface area (Å²) in [5.41, 5.74) is 6.90. The molecule has 0 aliphatic rings. The van der Waals surface area contributed by atoms with Crippen LogP contribution in [0.15, 0.2) is 29.3 Å². The van der Waals surface area contributed by atoms with E-state index >= 15 is 0 Å². The minimum atomic E-state index is -0.521. The molecule has 2 rings (SSSR count). The van der Waals surface area contributed by atoms with Crippen LogP contribution >= 0.6 is 11.8 Å². The fourth-order valence-electron chi connectivity index (χ4n) is 2.31. The average Bonchev–Trinajstić information content (AvgIpc) is 2.71. The van der Waals surface area contributed by atoms with Crippen LogP contribution in [-0.2, 0) is 11.3 Å². The van der Waals surface area contributed by atoms with Gasteiger partial charge in [0.15, 0.2) is 11.5 Å². The van der Waals surface area contributed by atoms with E-state index < -0.39 is 5.25 Å². The number of hydrogen-bond acceptors (Lipinski definition) is 8. The maximum absolute atomic E-state index is 12.4. The van der Waals surface area contributed by atoms with Gasteiger partial charge in [-0.2, -0.15) is 10.5 Å². The smallest absolute Gasteiger partial charge is 0.233 e. The van der Waals surface area contributed by atoms with E-state index in [2.05, 4.69) is 10.3 Å². The summed E-state index contributed by atoms with van der Waals surface area (Å²) < 4.78 is 10.4. The predicted octanol–water partition coefficient (Wildman–Crippen LogP) is 2.22. The van der Waals surface area contributed by atoms with Crippen LogP contribution in [0.1, 0.15) is 23.6 Å². The lowest BCUT2D eigenvalue weighted by molar-refractivity contribution is -0.120. The molecule has 0 saturated carbocycles. The number of nitrogens with zero attached hydrogens (tertiary/aromatic N) is 3. The minimum absolute atomic E-state index is 0.0296. The van der Waals surface area contributed by atoms with Crippen molar-refractivity contribution in [3.05, 3.63) is 41.0 Å². The lowest BCUT2D eigenvalue weighted by Gasteiger charge is -2.14. The fraction of sp³-hybridized carbons (Fsp3) is 0.263. The number of amides is 1. The van der Waals surface area contributed by atoms with Gasteiger partial charge in [-0.05, 0) is 30.7 Å². The Bertz CT molecular complexity index is 965. The second-order valence-electron chi connectivity index (χ2n) is 5.66. The lowest BCUT2D eigenvalue weighted by Crippen LogP contribution is -2.30. The van der Waals surface area contributed by atoms with Crippen molar-refractivity contribution in [3.8, 4) is 23.6 Å². The van der Waals surface area contributed by atoms with Crippen LogP contribution in [0.25, 0.3) is 0 Å². The summed E-state index contributed by atoms with van der Waals surface area (Å²) >= 11 is 1.11. The molecule has 1 atom stereocenters. The van der Waals surface area contributed by atoms with E-state index in [1.54, 1.807) is 33.3 Å². The highest BCUT2D eigenvalue weighted by Gasteiger charge is 2.19. The number of pyridine rings is 1. The van der Waals surface area contributed by atoms with Crippen molar-refractivity contribution in [2.75, 3.05) is 20.0 Å². The minimum Gasteiger partial charge on any atom is -0.493 e. The number of nitrogens with two attached hydrogens (primary N) is 1. The maximum Gasteiger partial charge on any atom is 0.233 e. The molecular weight excluding hydrogens is 378 g/mol. The molecule has 0 spiro atoms. The first kappa shape index (κ1) is 20.9. The molecule has 1 amide bonds. The van der Waals surface area contributed by atoms with Crippen LogP contribution in [0.3, 0.4) is 0 Å². The predicted molar refractivity (Wildman–Crippen MR) is 105 cm³/mol. The summed E-state index contributed by atoms with van der Waals surface area (Å²) in [5.74, 6) is 0.984. The monoisotopic (exact) mass is 397 g/mol. The lowest BCUT2D eigenvalue weighted by atomic mass is 10.2. The largest absolute Gasteiger partial charge is 0.493 e. The van der Waals surface area contributed by atoms with Crippen molar-refractivity contribution in [2.45, 2.75) is 23.7 Å². The number of carbonyl (C=O) groups excluding carboxylic acids is 1. The SMILES string of the molecule is COc1ccc(CNC(=O)[C@H](C)Sc2nc(N)c(C#N)cc2C#N)cc1OC. The molecule has 0 bridgehead atoms. The molecule has 0 aliphatic heterocycles. The molecule has 3 N–H and O–H groups in total. The number of nitriles is 2. The molecule has 2 aromatic rings. The summed E-state index contributed by atoms with van der Waals surface area (Å²) in [6.45, 7) is 2.00. The van der Waals surface area contributed by atoms with Crippen LogP contribution in [0, 0.1) is 22.7 Å². The Morgan fingerprint density at radius 3 is 2.50 bits per heavy atom. The molecule has 144 valence electrons. The molecule has 1 aromatic carbocycles. The number of methoxy groups -OCH3 is 2. The third-order valence-electron chi connectivity index (χ3n) is 3.83. The Balaban J connectivity index is 2.05. The summed E-state index contributed by atoms with van der Waals surface area (Å²) in [6, 6.07) is 10.6.